The Morgan fingerprint density at radius 1 is 1.30 bits per heavy atom. The zero-order valence-electron chi connectivity index (χ0n) is 15.5. The highest BCUT2D eigenvalue weighted by Crippen LogP contribution is 2.22. The van der Waals surface area contributed by atoms with E-state index in [4.69, 9.17) is 9.29 Å². The van der Waals surface area contributed by atoms with Gasteiger partial charge < -0.3 is 10.1 Å². The van der Waals surface area contributed by atoms with Crippen LogP contribution in [0.1, 0.15) is 43.1 Å². The first-order valence-electron chi connectivity index (χ1n) is 8.17. The molecule has 3 N–H and O–H groups in total. The molecule has 1 heterocycles. The van der Waals surface area contributed by atoms with E-state index in [1.807, 2.05) is 17.0 Å². The lowest BCUT2D eigenvalue weighted by Crippen LogP contribution is -2.36. The number of hydrogen-bond donors (Lipinski definition) is 3. The van der Waals surface area contributed by atoms with Crippen molar-refractivity contribution in [2.75, 3.05) is 4.72 Å². The Kier molecular flexibility index (Phi) is 6.45. The number of amides is 1. The number of thiazole rings is 1. The van der Waals surface area contributed by atoms with E-state index in [0.717, 1.165) is 16.3 Å². The molecule has 1 amide bonds. The van der Waals surface area contributed by atoms with Gasteiger partial charge >= 0.3 is 16.4 Å². The van der Waals surface area contributed by atoms with Crippen LogP contribution >= 0.6 is 11.3 Å². The van der Waals surface area contributed by atoms with Crippen LogP contribution in [0, 0.1) is 6.92 Å². The van der Waals surface area contributed by atoms with Crippen LogP contribution in [0.5, 0.6) is 0 Å². The summed E-state index contributed by atoms with van der Waals surface area (Å²) in [7, 11) is -4.32. The van der Waals surface area contributed by atoms with Crippen molar-refractivity contribution in [3.8, 4) is 0 Å². The van der Waals surface area contributed by atoms with Gasteiger partial charge in [-0.15, -0.1) is 11.3 Å². The molecule has 0 aliphatic rings. The summed E-state index contributed by atoms with van der Waals surface area (Å²) >= 11 is 1.48. The average Bonchev–Trinajstić information content (AvgIpc) is 2.91. The predicted molar refractivity (Wildman–Crippen MR) is 104 cm³/mol. The molecule has 0 fully saturated rings. The van der Waals surface area contributed by atoms with Gasteiger partial charge in [0.05, 0.1) is 22.4 Å². The number of nitrogens with one attached hydrogen (secondary N) is 2. The molecule has 1 aromatic carbocycles. The highest BCUT2D eigenvalue weighted by atomic mass is 32.2. The first-order chi connectivity index (χ1) is 12.4. The van der Waals surface area contributed by atoms with Gasteiger partial charge in [0.15, 0.2) is 0 Å². The highest BCUT2D eigenvalue weighted by molar-refractivity contribution is 7.87. The highest BCUT2D eigenvalue weighted by Gasteiger charge is 2.22. The number of anilines is 1. The molecule has 1 atom stereocenters. The van der Waals surface area contributed by atoms with Gasteiger partial charge in [-0.1, -0.05) is 12.1 Å². The number of nitrogens with zero attached hydrogens (tertiary/aromatic N) is 1. The molecular weight excluding hydrogens is 390 g/mol. The Labute approximate surface area is 162 Å². The Bertz CT molecular complexity index is 886. The maximum absolute atomic E-state index is 12.2. The van der Waals surface area contributed by atoms with Crippen molar-refractivity contribution in [1.29, 1.82) is 0 Å². The summed E-state index contributed by atoms with van der Waals surface area (Å²) in [5, 5.41) is 5.60. The normalized spacial score (nSPS) is 13.1. The van der Waals surface area contributed by atoms with Crippen molar-refractivity contribution in [3.63, 3.8) is 0 Å². The minimum atomic E-state index is -4.32. The van der Waals surface area contributed by atoms with Gasteiger partial charge in [0.1, 0.15) is 5.60 Å². The van der Waals surface area contributed by atoms with Crippen LogP contribution in [0.2, 0.25) is 0 Å². The average molecular weight is 414 g/mol. The number of carbonyl (C=O) groups excluding carboxylic acids is 1. The Morgan fingerprint density at radius 3 is 2.41 bits per heavy atom. The monoisotopic (exact) mass is 413 g/mol. The molecule has 10 heteroatoms. The lowest BCUT2D eigenvalue weighted by Gasteiger charge is -2.23. The number of hydrogen-bond acceptors (Lipinski definition) is 6. The summed E-state index contributed by atoms with van der Waals surface area (Å²) in [5.41, 5.74) is 1.20. The molecule has 2 aromatic rings. The Hall–Kier alpha value is -2.17. The van der Waals surface area contributed by atoms with Gasteiger partial charge in [-0.2, -0.15) is 8.42 Å². The van der Waals surface area contributed by atoms with E-state index >= 15 is 0 Å². The third kappa shape index (κ3) is 7.53. The van der Waals surface area contributed by atoms with Crippen molar-refractivity contribution in [2.45, 2.75) is 45.8 Å². The van der Waals surface area contributed by atoms with Gasteiger partial charge in [0.25, 0.3) is 0 Å². The zero-order valence-corrected chi connectivity index (χ0v) is 17.1. The summed E-state index contributed by atoms with van der Waals surface area (Å²) in [6.45, 7) is 7.25. The van der Waals surface area contributed by atoms with Crippen LogP contribution in [0.4, 0.5) is 10.5 Å². The van der Waals surface area contributed by atoms with Crippen LogP contribution in [0.15, 0.2) is 29.6 Å². The lowest BCUT2D eigenvalue weighted by molar-refractivity contribution is 0.0502. The van der Waals surface area contributed by atoms with Crippen LogP contribution in [-0.2, 0) is 21.5 Å². The fourth-order valence-electron chi connectivity index (χ4n) is 2.31. The number of alkyl carbamates (subject to hydrolysis) is 1. The zero-order chi connectivity index (χ0) is 20.2. The molecule has 0 aliphatic heterocycles. The van der Waals surface area contributed by atoms with E-state index in [1.54, 1.807) is 32.9 Å². The molecule has 0 spiro atoms. The number of aromatic nitrogens is 1. The van der Waals surface area contributed by atoms with E-state index in [9.17, 15) is 13.2 Å². The molecule has 2 rings (SSSR count). The topological polar surface area (TPSA) is 118 Å². The Morgan fingerprint density at radius 2 is 1.93 bits per heavy atom. The van der Waals surface area contributed by atoms with Crippen molar-refractivity contribution in [1.82, 2.24) is 10.3 Å². The van der Waals surface area contributed by atoms with Crippen molar-refractivity contribution < 1.29 is 22.5 Å². The molecule has 0 radical (unpaired) electrons. The molecule has 148 valence electrons. The number of rotatable bonds is 6. The largest absolute Gasteiger partial charge is 0.444 e. The summed E-state index contributed by atoms with van der Waals surface area (Å²) in [4.78, 5) is 16.6. The summed E-state index contributed by atoms with van der Waals surface area (Å²) in [6.07, 6.45) is -0.100. The number of carbonyl (C=O) groups is 1. The Balaban J connectivity index is 2.15. The standard InChI is InChI=1S/C17H23N3O5S2/c1-11-18-15(10-26-11)14(19-16(21)25-17(2,3)4)9-12-5-7-13(8-6-12)20-27(22,23)24/h5-8,10,14,20H,9H2,1-4H3,(H,19,21)(H,22,23,24). The third-order valence-electron chi connectivity index (χ3n) is 3.33. The molecule has 0 saturated heterocycles. The quantitative estimate of drug-likeness (QED) is 0.624. The van der Waals surface area contributed by atoms with Gasteiger partial charge in [0, 0.05) is 5.38 Å². The molecule has 27 heavy (non-hydrogen) atoms. The van der Waals surface area contributed by atoms with Crippen molar-refractivity contribution >= 4 is 33.4 Å². The minimum Gasteiger partial charge on any atom is -0.444 e. The molecule has 1 unspecified atom stereocenters. The van der Waals surface area contributed by atoms with Crippen LogP contribution in [0.25, 0.3) is 0 Å². The van der Waals surface area contributed by atoms with Crippen molar-refractivity contribution in [2.24, 2.45) is 0 Å². The van der Waals surface area contributed by atoms with E-state index in [-0.39, 0.29) is 5.69 Å². The maximum Gasteiger partial charge on any atom is 0.408 e. The second-order valence-electron chi connectivity index (χ2n) is 6.97. The second kappa shape index (κ2) is 8.24. The predicted octanol–water partition coefficient (Wildman–Crippen LogP) is 3.47. The molecule has 0 bridgehead atoms. The number of aryl methyl sites for hydroxylation is 1. The first kappa shape index (κ1) is 21.1. The number of benzene rings is 1. The van der Waals surface area contributed by atoms with E-state index in [1.165, 1.54) is 23.5 Å². The van der Waals surface area contributed by atoms with Crippen molar-refractivity contribution in [3.05, 3.63) is 45.9 Å². The van der Waals surface area contributed by atoms with Crippen LogP contribution in [-0.4, -0.2) is 29.6 Å². The van der Waals surface area contributed by atoms with Crippen LogP contribution < -0.4 is 10.0 Å². The minimum absolute atomic E-state index is 0.238. The van der Waals surface area contributed by atoms with E-state index in [2.05, 4.69) is 10.3 Å². The lowest BCUT2D eigenvalue weighted by atomic mass is 10.0. The fourth-order valence-corrected chi connectivity index (χ4v) is 3.41. The van der Waals surface area contributed by atoms with E-state index in [0.29, 0.717) is 6.42 Å². The molecule has 0 aliphatic carbocycles. The van der Waals surface area contributed by atoms with Gasteiger partial charge in [-0.3, -0.25) is 9.27 Å². The van der Waals surface area contributed by atoms with Gasteiger partial charge in [-0.25, -0.2) is 9.78 Å². The summed E-state index contributed by atoms with van der Waals surface area (Å²) in [6, 6.07) is 6.07. The third-order valence-corrected chi connectivity index (χ3v) is 4.61. The van der Waals surface area contributed by atoms with Gasteiger partial charge in [0.2, 0.25) is 0 Å². The first-order valence-corrected chi connectivity index (χ1v) is 10.5. The van der Waals surface area contributed by atoms with E-state index < -0.39 is 28.0 Å². The summed E-state index contributed by atoms with van der Waals surface area (Å²) in [5.74, 6) is 0. The smallest absolute Gasteiger partial charge is 0.408 e. The summed E-state index contributed by atoms with van der Waals surface area (Å²) < 4.78 is 37.9. The van der Waals surface area contributed by atoms with Crippen LogP contribution in [0.3, 0.4) is 0 Å². The molecule has 8 nitrogen and oxygen atoms in total. The molecular formula is C17H23N3O5S2. The molecule has 1 aromatic heterocycles. The number of ether oxygens (including phenoxy) is 1. The SMILES string of the molecule is Cc1nc(C(Cc2ccc(NS(=O)(=O)O)cc2)NC(=O)OC(C)(C)C)cs1. The second-order valence-corrected chi connectivity index (χ2v) is 9.18. The fraction of sp³-hybridized carbons (Fsp3) is 0.412. The maximum atomic E-state index is 12.2. The van der Waals surface area contributed by atoms with Gasteiger partial charge in [-0.05, 0) is 51.8 Å². The molecule has 0 saturated carbocycles.